The van der Waals surface area contributed by atoms with Gasteiger partial charge >= 0.3 is 0 Å². The summed E-state index contributed by atoms with van der Waals surface area (Å²) in [5.74, 6) is 1.81. The van der Waals surface area contributed by atoms with Crippen molar-refractivity contribution in [2.45, 2.75) is 17.2 Å². The van der Waals surface area contributed by atoms with Gasteiger partial charge in [-0.05, 0) is 35.7 Å². The minimum Gasteiger partial charge on any atom is -0.469 e. The van der Waals surface area contributed by atoms with Crippen LogP contribution in [0.15, 0.2) is 75.6 Å². The first-order valence-corrected chi connectivity index (χ1v) is 9.71. The molecule has 0 spiro atoms. The van der Waals surface area contributed by atoms with Gasteiger partial charge in [-0.25, -0.2) is 0 Å². The topological polar surface area (TPSA) is 42.2 Å². The van der Waals surface area contributed by atoms with Crippen LogP contribution >= 0.6 is 23.1 Å². The molecule has 124 valence electrons. The molecule has 0 aliphatic heterocycles. The van der Waals surface area contributed by atoms with Crippen LogP contribution in [0.2, 0.25) is 0 Å². The molecule has 3 aromatic rings. The first kappa shape index (κ1) is 16.9. The monoisotopic (exact) mass is 357 g/mol. The molecule has 2 heterocycles. The van der Waals surface area contributed by atoms with Gasteiger partial charge in [-0.3, -0.25) is 4.79 Å². The predicted molar refractivity (Wildman–Crippen MR) is 99.7 cm³/mol. The summed E-state index contributed by atoms with van der Waals surface area (Å²) in [4.78, 5) is 14.5. The lowest BCUT2D eigenvalue weighted by Crippen LogP contribution is -2.28. The Bertz CT molecular complexity index is 690. The Kier molecular flexibility index (Phi) is 6.15. The van der Waals surface area contributed by atoms with E-state index in [0.717, 1.165) is 11.5 Å². The molecule has 0 bridgehead atoms. The minimum absolute atomic E-state index is 0.0747. The number of hydrogen-bond donors (Lipinski definition) is 1. The van der Waals surface area contributed by atoms with E-state index in [-0.39, 0.29) is 11.8 Å². The van der Waals surface area contributed by atoms with E-state index >= 15 is 0 Å². The van der Waals surface area contributed by atoms with Crippen LogP contribution in [-0.2, 0) is 4.79 Å². The Morgan fingerprint density at radius 2 is 2.00 bits per heavy atom. The van der Waals surface area contributed by atoms with E-state index in [1.165, 1.54) is 9.77 Å². The third kappa shape index (κ3) is 4.76. The van der Waals surface area contributed by atoms with Crippen molar-refractivity contribution in [3.05, 3.63) is 76.9 Å². The number of furan rings is 1. The quantitative estimate of drug-likeness (QED) is 0.590. The highest BCUT2D eigenvalue weighted by atomic mass is 32.2. The van der Waals surface area contributed by atoms with E-state index in [0.29, 0.717) is 13.0 Å². The fourth-order valence-corrected chi connectivity index (χ4v) is 4.11. The van der Waals surface area contributed by atoms with Gasteiger partial charge in [0, 0.05) is 28.5 Å². The highest BCUT2D eigenvalue weighted by Crippen LogP contribution is 2.28. The van der Waals surface area contributed by atoms with Gasteiger partial charge in [0.25, 0.3) is 0 Å². The number of amides is 1. The summed E-state index contributed by atoms with van der Waals surface area (Å²) < 4.78 is 5.54. The third-order valence-corrected chi connectivity index (χ3v) is 5.62. The van der Waals surface area contributed by atoms with Crippen molar-refractivity contribution >= 4 is 29.0 Å². The van der Waals surface area contributed by atoms with Crippen LogP contribution in [0.3, 0.4) is 0 Å². The average molecular weight is 358 g/mol. The summed E-state index contributed by atoms with van der Waals surface area (Å²) in [6.07, 6.45) is 2.18. The van der Waals surface area contributed by atoms with Crippen molar-refractivity contribution in [1.29, 1.82) is 0 Å². The fraction of sp³-hybridized carbons (Fsp3) is 0.211. The molecule has 1 atom stereocenters. The summed E-state index contributed by atoms with van der Waals surface area (Å²) in [5, 5.41) is 5.09. The molecule has 5 heteroatoms. The zero-order valence-corrected chi connectivity index (χ0v) is 14.8. The summed E-state index contributed by atoms with van der Waals surface area (Å²) in [7, 11) is 0. The van der Waals surface area contributed by atoms with Crippen molar-refractivity contribution in [3.8, 4) is 0 Å². The largest absolute Gasteiger partial charge is 0.469 e. The summed E-state index contributed by atoms with van der Waals surface area (Å²) in [5.41, 5.74) is 0. The van der Waals surface area contributed by atoms with E-state index in [1.54, 1.807) is 29.4 Å². The van der Waals surface area contributed by atoms with Gasteiger partial charge in [0.1, 0.15) is 5.76 Å². The molecular weight excluding hydrogens is 338 g/mol. The van der Waals surface area contributed by atoms with Crippen LogP contribution in [0, 0.1) is 0 Å². The van der Waals surface area contributed by atoms with E-state index < -0.39 is 0 Å². The minimum atomic E-state index is 0.0747. The molecule has 1 aromatic carbocycles. The summed E-state index contributed by atoms with van der Waals surface area (Å²) in [6, 6.07) is 18.1. The lowest BCUT2D eigenvalue weighted by molar-refractivity contribution is -0.120. The maximum atomic E-state index is 12.1. The van der Waals surface area contributed by atoms with Gasteiger partial charge < -0.3 is 9.73 Å². The molecule has 0 fully saturated rings. The number of hydrogen-bond acceptors (Lipinski definition) is 4. The molecule has 0 aliphatic rings. The molecular formula is C19H19NO2S2. The number of carbonyl (C=O) groups excluding carboxylic acids is 1. The van der Waals surface area contributed by atoms with Crippen LogP contribution in [0.4, 0.5) is 0 Å². The van der Waals surface area contributed by atoms with Gasteiger partial charge in [0.2, 0.25) is 5.91 Å². The molecule has 24 heavy (non-hydrogen) atoms. The molecule has 3 nitrogen and oxygen atoms in total. The van der Waals surface area contributed by atoms with Crippen LogP contribution in [0.5, 0.6) is 0 Å². The SMILES string of the molecule is O=C(CCSc1ccccc1)NC[C@H](c1ccco1)c1cccs1. The molecule has 3 rings (SSSR count). The van der Waals surface area contributed by atoms with E-state index in [9.17, 15) is 4.79 Å². The summed E-state index contributed by atoms with van der Waals surface area (Å²) >= 11 is 3.38. The van der Waals surface area contributed by atoms with Crippen LogP contribution < -0.4 is 5.32 Å². The first-order valence-electron chi connectivity index (χ1n) is 7.84. The first-order chi connectivity index (χ1) is 11.8. The molecule has 0 aliphatic carbocycles. The number of thiophene rings is 1. The Hall–Kier alpha value is -1.98. The van der Waals surface area contributed by atoms with E-state index in [1.807, 2.05) is 41.8 Å². The van der Waals surface area contributed by atoms with Gasteiger partial charge in [0.05, 0.1) is 12.2 Å². The number of rotatable bonds is 8. The lowest BCUT2D eigenvalue weighted by atomic mass is 10.0. The van der Waals surface area contributed by atoms with Crippen LogP contribution in [0.25, 0.3) is 0 Å². The maximum Gasteiger partial charge on any atom is 0.220 e. The summed E-state index contributed by atoms with van der Waals surface area (Å²) in [6.45, 7) is 0.558. The molecule has 0 saturated carbocycles. The second-order valence-corrected chi connectivity index (χ2v) is 7.45. The van der Waals surface area contributed by atoms with Gasteiger partial charge in [-0.1, -0.05) is 24.3 Å². The molecule has 1 N–H and O–H groups in total. The third-order valence-electron chi connectivity index (χ3n) is 3.62. The average Bonchev–Trinajstić information content (AvgIpc) is 3.30. The Labute approximate surface area is 150 Å². The smallest absolute Gasteiger partial charge is 0.220 e. The molecule has 0 saturated heterocycles. The van der Waals surface area contributed by atoms with E-state index in [4.69, 9.17) is 4.42 Å². The standard InChI is InChI=1S/C19H19NO2S2/c21-19(10-13-23-15-6-2-1-3-7-15)20-14-16(17-8-4-11-22-17)18-9-5-12-24-18/h1-9,11-12,16H,10,13-14H2,(H,20,21)/t16-/m1/s1. The normalized spacial score (nSPS) is 12.0. The Balaban J connectivity index is 1.49. The van der Waals surface area contributed by atoms with Gasteiger partial charge in [0.15, 0.2) is 0 Å². The second-order valence-electron chi connectivity index (χ2n) is 5.30. The Morgan fingerprint density at radius 1 is 1.12 bits per heavy atom. The molecule has 0 radical (unpaired) electrons. The number of thioether (sulfide) groups is 1. The van der Waals surface area contributed by atoms with Crippen LogP contribution in [-0.4, -0.2) is 18.2 Å². The number of benzene rings is 1. The predicted octanol–water partition coefficient (Wildman–Crippen LogP) is 4.77. The highest BCUT2D eigenvalue weighted by molar-refractivity contribution is 7.99. The maximum absolute atomic E-state index is 12.1. The molecule has 0 unspecified atom stereocenters. The zero-order chi connectivity index (χ0) is 16.6. The van der Waals surface area contributed by atoms with Crippen LogP contribution in [0.1, 0.15) is 23.0 Å². The highest BCUT2D eigenvalue weighted by Gasteiger charge is 2.18. The fourth-order valence-electron chi connectivity index (χ4n) is 2.40. The molecule has 1 amide bonds. The van der Waals surface area contributed by atoms with Crippen molar-refractivity contribution in [2.75, 3.05) is 12.3 Å². The number of nitrogens with one attached hydrogen (secondary N) is 1. The van der Waals surface area contributed by atoms with Crippen molar-refractivity contribution < 1.29 is 9.21 Å². The zero-order valence-electron chi connectivity index (χ0n) is 13.2. The van der Waals surface area contributed by atoms with Gasteiger partial charge in [-0.2, -0.15) is 0 Å². The Morgan fingerprint density at radius 3 is 2.71 bits per heavy atom. The molecule has 2 aromatic heterocycles. The van der Waals surface area contributed by atoms with Crippen molar-refractivity contribution in [1.82, 2.24) is 5.32 Å². The van der Waals surface area contributed by atoms with Crippen molar-refractivity contribution in [3.63, 3.8) is 0 Å². The number of carbonyl (C=O) groups is 1. The van der Waals surface area contributed by atoms with E-state index in [2.05, 4.69) is 23.5 Å². The second kappa shape index (κ2) is 8.76. The lowest BCUT2D eigenvalue weighted by Gasteiger charge is -2.14. The van der Waals surface area contributed by atoms with Gasteiger partial charge in [-0.15, -0.1) is 23.1 Å². The van der Waals surface area contributed by atoms with Crippen molar-refractivity contribution in [2.24, 2.45) is 0 Å².